The largest absolute Gasteiger partial charge is 0.379 e. The lowest BCUT2D eigenvalue weighted by atomic mass is 9.98. The van der Waals surface area contributed by atoms with Gasteiger partial charge in [0.15, 0.2) is 0 Å². The molecule has 0 aromatic heterocycles. The number of benzene rings is 1. The normalized spacial score (nSPS) is 19.9. The molecule has 7 heteroatoms. The number of piperidine rings is 1. The van der Waals surface area contributed by atoms with Crippen LogP contribution in [0.3, 0.4) is 0 Å². The van der Waals surface area contributed by atoms with Gasteiger partial charge in [-0.25, -0.2) is 4.39 Å². The zero-order valence-electron chi connectivity index (χ0n) is 11.2. The van der Waals surface area contributed by atoms with Crippen LogP contribution in [-0.2, 0) is 0 Å². The van der Waals surface area contributed by atoms with Crippen molar-refractivity contribution in [1.82, 2.24) is 4.90 Å². The molecule has 1 aromatic rings. The molecule has 1 saturated heterocycles. The maximum Gasteiger partial charge on any atom is 0.293 e. The molecule has 1 unspecified atom stereocenters. The van der Waals surface area contributed by atoms with Crippen molar-refractivity contribution >= 4 is 34.0 Å². The zero-order valence-corrected chi connectivity index (χ0v) is 13.4. The molecular weight excluding hydrogens is 376 g/mol. The van der Waals surface area contributed by atoms with Gasteiger partial charge in [-0.3, -0.25) is 10.1 Å². The number of nitro benzene ring substituents is 1. The third-order valence-electron chi connectivity index (χ3n) is 3.54. The molecule has 0 amide bonds. The molecule has 0 bridgehead atoms. The molecule has 20 heavy (non-hydrogen) atoms. The third kappa shape index (κ3) is 3.78. The first-order chi connectivity index (χ1) is 9.47. The predicted molar refractivity (Wildman–Crippen MR) is 84.5 cm³/mol. The van der Waals surface area contributed by atoms with Crippen LogP contribution >= 0.6 is 22.6 Å². The van der Waals surface area contributed by atoms with Gasteiger partial charge in [0, 0.05) is 25.2 Å². The Hall–Kier alpha value is -0.960. The summed E-state index contributed by atoms with van der Waals surface area (Å²) in [4.78, 5) is 12.8. The molecule has 0 aliphatic carbocycles. The highest BCUT2D eigenvalue weighted by Gasteiger charge is 2.20. The van der Waals surface area contributed by atoms with Crippen LogP contribution in [-0.4, -0.2) is 36.5 Å². The van der Waals surface area contributed by atoms with Gasteiger partial charge in [-0.1, -0.05) is 0 Å². The molecule has 1 aromatic carbocycles. The summed E-state index contributed by atoms with van der Waals surface area (Å²) in [5.74, 6) is 0.00940. The van der Waals surface area contributed by atoms with E-state index in [4.69, 9.17) is 0 Å². The number of rotatable bonds is 4. The summed E-state index contributed by atoms with van der Waals surface area (Å²) in [6.45, 7) is 2.69. The molecule has 2 rings (SSSR count). The van der Waals surface area contributed by atoms with E-state index in [-0.39, 0.29) is 14.9 Å². The van der Waals surface area contributed by atoms with Crippen molar-refractivity contribution in [2.24, 2.45) is 5.92 Å². The number of likely N-dealkylation sites (tertiary alicyclic amines) is 1. The monoisotopic (exact) mass is 393 g/mol. The topological polar surface area (TPSA) is 58.4 Å². The van der Waals surface area contributed by atoms with Crippen LogP contribution in [0.4, 0.5) is 15.8 Å². The van der Waals surface area contributed by atoms with Gasteiger partial charge < -0.3 is 10.2 Å². The minimum Gasteiger partial charge on any atom is -0.379 e. The summed E-state index contributed by atoms with van der Waals surface area (Å²) in [5, 5.41) is 14.1. The van der Waals surface area contributed by atoms with Gasteiger partial charge >= 0.3 is 0 Å². The Bertz CT molecular complexity index is 513. The number of hydrogen-bond acceptors (Lipinski definition) is 4. The molecule has 0 saturated carbocycles. The summed E-state index contributed by atoms with van der Waals surface area (Å²) >= 11 is 1.76. The van der Waals surface area contributed by atoms with Gasteiger partial charge in [-0.15, -0.1) is 0 Å². The molecule has 1 aliphatic heterocycles. The highest BCUT2D eigenvalue weighted by Crippen LogP contribution is 2.29. The Morgan fingerprint density at radius 2 is 2.35 bits per heavy atom. The molecule has 1 N–H and O–H groups in total. The Labute approximate surface area is 130 Å². The lowest BCUT2D eigenvalue weighted by Gasteiger charge is -2.29. The van der Waals surface area contributed by atoms with Crippen LogP contribution < -0.4 is 5.32 Å². The van der Waals surface area contributed by atoms with E-state index in [1.54, 1.807) is 22.6 Å². The molecule has 5 nitrogen and oxygen atoms in total. The van der Waals surface area contributed by atoms with Crippen molar-refractivity contribution in [1.29, 1.82) is 0 Å². The quantitative estimate of drug-likeness (QED) is 0.485. The number of halogens is 2. The lowest BCUT2D eigenvalue weighted by molar-refractivity contribution is -0.384. The van der Waals surface area contributed by atoms with Gasteiger partial charge in [-0.05, 0) is 54.9 Å². The van der Waals surface area contributed by atoms with Crippen LogP contribution in [0.15, 0.2) is 12.1 Å². The van der Waals surface area contributed by atoms with E-state index in [0.717, 1.165) is 25.9 Å². The summed E-state index contributed by atoms with van der Waals surface area (Å²) in [7, 11) is 2.07. The maximum atomic E-state index is 13.6. The molecule has 0 spiro atoms. The number of hydrogen-bond donors (Lipinski definition) is 1. The van der Waals surface area contributed by atoms with E-state index in [1.165, 1.54) is 12.1 Å². The Balaban J connectivity index is 2.08. The van der Waals surface area contributed by atoms with Gasteiger partial charge in [0.05, 0.1) is 8.49 Å². The summed E-state index contributed by atoms with van der Waals surface area (Å²) < 4.78 is 13.8. The van der Waals surface area contributed by atoms with Gasteiger partial charge in [-0.2, -0.15) is 0 Å². The molecular formula is C13H17FIN3O2. The second-order valence-electron chi connectivity index (χ2n) is 5.19. The van der Waals surface area contributed by atoms with Gasteiger partial charge in [0.2, 0.25) is 0 Å². The minimum absolute atomic E-state index is 0.0695. The van der Waals surface area contributed by atoms with E-state index >= 15 is 0 Å². The van der Waals surface area contributed by atoms with Crippen LogP contribution in [0, 0.1) is 25.4 Å². The Morgan fingerprint density at radius 3 is 3.00 bits per heavy atom. The van der Waals surface area contributed by atoms with E-state index in [2.05, 4.69) is 17.3 Å². The lowest BCUT2D eigenvalue weighted by Crippen LogP contribution is -2.35. The fourth-order valence-corrected chi connectivity index (χ4v) is 2.97. The summed E-state index contributed by atoms with van der Waals surface area (Å²) in [5.41, 5.74) is 0.195. The van der Waals surface area contributed by atoms with Crippen molar-refractivity contribution in [3.05, 3.63) is 31.6 Å². The predicted octanol–water partition coefficient (Wildman–Crippen LogP) is 3.09. The fraction of sp³-hybridized carbons (Fsp3) is 0.538. The van der Waals surface area contributed by atoms with Crippen LogP contribution in [0.2, 0.25) is 0 Å². The van der Waals surface area contributed by atoms with E-state index in [9.17, 15) is 14.5 Å². The average Bonchev–Trinajstić information content (AvgIpc) is 2.39. The van der Waals surface area contributed by atoms with E-state index in [1.807, 2.05) is 0 Å². The van der Waals surface area contributed by atoms with Gasteiger partial charge in [0.1, 0.15) is 11.5 Å². The zero-order chi connectivity index (χ0) is 14.7. The first kappa shape index (κ1) is 15.4. The first-order valence-electron chi connectivity index (χ1n) is 6.53. The standard InChI is InChI=1S/C13H17FIN3O2/c1-17-4-2-3-9(8-17)7-16-12-5-10(14)11(15)6-13(12)18(19)20/h5-6,9,16H,2-4,7-8H2,1H3. The number of nitrogens with one attached hydrogen (secondary N) is 1. The second kappa shape index (κ2) is 6.66. The van der Waals surface area contributed by atoms with E-state index in [0.29, 0.717) is 12.5 Å². The molecule has 1 atom stereocenters. The number of nitro groups is 1. The molecule has 0 radical (unpaired) electrons. The molecule has 110 valence electrons. The van der Waals surface area contributed by atoms with Crippen LogP contribution in [0.1, 0.15) is 12.8 Å². The van der Waals surface area contributed by atoms with Crippen LogP contribution in [0.25, 0.3) is 0 Å². The molecule has 1 heterocycles. The van der Waals surface area contributed by atoms with Crippen molar-refractivity contribution < 1.29 is 9.31 Å². The fourth-order valence-electron chi connectivity index (χ4n) is 2.52. The number of nitrogens with zero attached hydrogens (tertiary/aromatic N) is 2. The van der Waals surface area contributed by atoms with Crippen LogP contribution in [0.5, 0.6) is 0 Å². The van der Waals surface area contributed by atoms with Crippen molar-refractivity contribution in [2.45, 2.75) is 12.8 Å². The minimum atomic E-state index is -0.475. The highest BCUT2D eigenvalue weighted by molar-refractivity contribution is 14.1. The molecule has 1 aliphatic rings. The molecule has 1 fully saturated rings. The Morgan fingerprint density at radius 1 is 1.60 bits per heavy atom. The smallest absolute Gasteiger partial charge is 0.293 e. The van der Waals surface area contributed by atoms with Gasteiger partial charge in [0.25, 0.3) is 5.69 Å². The number of anilines is 1. The summed E-state index contributed by atoms with van der Waals surface area (Å²) in [6, 6.07) is 2.48. The average molecular weight is 393 g/mol. The van der Waals surface area contributed by atoms with Crippen molar-refractivity contribution in [2.75, 3.05) is 32.0 Å². The van der Waals surface area contributed by atoms with E-state index < -0.39 is 10.7 Å². The first-order valence-corrected chi connectivity index (χ1v) is 7.61. The maximum absolute atomic E-state index is 13.6. The summed E-state index contributed by atoms with van der Waals surface area (Å²) in [6.07, 6.45) is 2.23. The van der Waals surface area contributed by atoms with Crippen molar-refractivity contribution in [3.63, 3.8) is 0 Å². The van der Waals surface area contributed by atoms with Crippen molar-refractivity contribution in [3.8, 4) is 0 Å². The second-order valence-corrected chi connectivity index (χ2v) is 6.35. The highest BCUT2D eigenvalue weighted by atomic mass is 127. The SMILES string of the molecule is CN1CCCC(CNc2cc(F)c(I)cc2[N+](=O)[O-])C1. The third-order valence-corrected chi connectivity index (χ3v) is 4.37. The Kier molecular flexibility index (Phi) is 5.14.